The fourth-order valence-corrected chi connectivity index (χ4v) is 2.79. The molecule has 2 aromatic heterocycles. The molecule has 0 saturated carbocycles. The molecule has 3 aromatic rings. The Labute approximate surface area is 143 Å². The van der Waals surface area contributed by atoms with Crippen LogP contribution in [-0.4, -0.2) is 26.0 Å². The van der Waals surface area contributed by atoms with Crippen LogP contribution in [0.4, 0.5) is 5.69 Å². The number of aryl methyl sites for hydroxylation is 1. The Bertz CT molecular complexity index is 827. The lowest BCUT2D eigenvalue weighted by Crippen LogP contribution is -2.23. The largest absolute Gasteiger partial charge is 0.461 e. The van der Waals surface area contributed by atoms with Crippen LogP contribution in [-0.2, 0) is 4.79 Å². The highest BCUT2D eigenvalue weighted by Gasteiger charge is 2.20. The molecule has 8 heteroatoms. The Kier molecular flexibility index (Phi) is 4.57. The van der Waals surface area contributed by atoms with Crippen LogP contribution in [0.5, 0.6) is 0 Å². The highest BCUT2D eigenvalue weighted by Crippen LogP contribution is 2.25. The fraction of sp³-hybridized carbons (Fsp3) is 0.188. The second-order valence-corrected chi connectivity index (χ2v) is 6.58. The molecule has 3 rings (SSSR count). The van der Waals surface area contributed by atoms with E-state index in [0.29, 0.717) is 16.7 Å². The Morgan fingerprint density at radius 1 is 1.29 bits per heavy atom. The summed E-state index contributed by atoms with van der Waals surface area (Å²) < 4.78 is 6.58. The first kappa shape index (κ1) is 16.1. The van der Waals surface area contributed by atoms with Crippen molar-refractivity contribution in [2.75, 3.05) is 11.2 Å². The maximum atomic E-state index is 12.3. The summed E-state index contributed by atoms with van der Waals surface area (Å²) in [6.45, 7) is 3.78. The van der Waals surface area contributed by atoms with Crippen molar-refractivity contribution < 1.29 is 9.21 Å². The van der Waals surface area contributed by atoms with Crippen molar-refractivity contribution in [3.05, 3.63) is 48.2 Å². The first-order valence-electron chi connectivity index (χ1n) is 7.33. The molecule has 0 unspecified atom stereocenters. The van der Waals surface area contributed by atoms with Gasteiger partial charge >= 0.3 is 0 Å². The van der Waals surface area contributed by atoms with Crippen LogP contribution in [0.15, 0.2) is 52.2 Å². The summed E-state index contributed by atoms with van der Waals surface area (Å²) in [5, 5.41) is 10.9. The molecule has 0 saturated heterocycles. The molecule has 1 aromatic carbocycles. The van der Waals surface area contributed by atoms with Crippen molar-refractivity contribution in [3.8, 4) is 11.6 Å². The van der Waals surface area contributed by atoms with Gasteiger partial charge in [0.05, 0.1) is 11.5 Å². The van der Waals surface area contributed by atoms with Gasteiger partial charge in [0.25, 0.3) is 0 Å². The number of hydrogen-bond donors (Lipinski definition) is 2. The van der Waals surface area contributed by atoms with Gasteiger partial charge in [0.15, 0.2) is 5.76 Å². The predicted octanol–water partition coefficient (Wildman–Crippen LogP) is 2.68. The SMILES string of the molecule is Cc1ccc(NC(=O)[C@@H](C)Sc2nnc(-c3ccco3)n2N)cc1. The molecular weight excluding hydrogens is 326 g/mol. The van der Waals surface area contributed by atoms with Crippen LogP contribution in [0, 0.1) is 6.92 Å². The lowest BCUT2D eigenvalue weighted by atomic mass is 10.2. The number of nitrogen functional groups attached to an aromatic ring is 1. The molecular formula is C16H17N5O2S. The lowest BCUT2D eigenvalue weighted by molar-refractivity contribution is -0.115. The normalized spacial score (nSPS) is 12.1. The maximum Gasteiger partial charge on any atom is 0.237 e. The molecule has 7 nitrogen and oxygen atoms in total. The van der Waals surface area contributed by atoms with E-state index in [1.54, 1.807) is 19.1 Å². The van der Waals surface area contributed by atoms with Crippen LogP contribution in [0.25, 0.3) is 11.6 Å². The van der Waals surface area contributed by atoms with Crippen molar-refractivity contribution in [2.24, 2.45) is 0 Å². The second-order valence-electron chi connectivity index (χ2n) is 5.27. The molecule has 0 radical (unpaired) electrons. The number of furan rings is 1. The zero-order valence-corrected chi connectivity index (χ0v) is 14.1. The molecule has 0 aliphatic carbocycles. The average molecular weight is 343 g/mol. The minimum absolute atomic E-state index is 0.133. The van der Waals surface area contributed by atoms with Gasteiger partial charge in [0.2, 0.25) is 16.9 Å². The molecule has 0 bridgehead atoms. The summed E-state index contributed by atoms with van der Waals surface area (Å²) in [5.41, 5.74) is 1.89. The lowest BCUT2D eigenvalue weighted by Gasteiger charge is -2.11. The zero-order chi connectivity index (χ0) is 17.1. The monoisotopic (exact) mass is 343 g/mol. The molecule has 24 heavy (non-hydrogen) atoms. The second kappa shape index (κ2) is 6.79. The quantitative estimate of drug-likeness (QED) is 0.546. The van der Waals surface area contributed by atoms with E-state index in [2.05, 4.69) is 15.5 Å². The third kappa shape index (κ3) is 3.43. The number of nitrogens with two attached hydrogens (primary N) is 1. The smallest absolute Gasteiger partial charge is 0.237 e. The first-order chi connectivity index (χ1) is 11.5. The van der Waals surface area contributed by atoms with Crippen LogP contribution in [0.2, 0.25) is 0 Å². The van der Waals surface area contributed by atoms with E-state index in [9.17, 15) is 4.79 Å². The number of rotatable bonds is 5. The summed E-state index contributed by atoms with van der Waals surface area (Å²) in [6, 6.07) is 11.1. The van der Waals surface area contributed by atoms with Crippen LogP contribution in [0.3, 0.4) is 0 Å². The standard InChI is InChI=1S/C16H17N5O2S/c1-10-5-7-12(8-6-10)18-15(22)11(2)24-16-20-19-14(21(16)17)13-4-3-9-23-13/h3-9,11H,17H2,1-2H3,(H,18,22)/t11-/m1/s1. The number of aromatic nitrogens is 3. The number of nitrogens with one attached hydrogen (secondary N) is 1. The summed E-state index contributed by atoms with van der Waals surface area (Å²) in [7, 11) is 0. The van der Waals surface area contributed by atoms with Crippen molar-refractivity contribution in [2.45, 2.75) is 24.3 Å². The van der Waals surface area contributed by atoms with Crippen molar-refractivity contribution in [3.63, 3.8) is 0 Å². The molecule has 1 amide bonds. The Hall–Kier alpha value is -2.74. The minimum Gasteiger partial charge on any atom is -0.461 e. The molecule has 0 aliphatic rings. The highest BCUT2D eigenvalue weighted by atomic mass is 32.2. The van der Waals surface area contributed by atoms with Gasteiger partial charge in [0, 0.05) is 5.69 Å². The van der Waals surface area contributed by atoms with Gasteiger partial charge < -0.3 is 15.6 Å². The fourth-order valence-electron chi connectivity index (χ4n) is 2.02. The van der Waals surface area contributed by atoms with Crippen LogP contribution >= 0.6 is 11.8 Å². The summed E-state index contributed by atoms with van der Waals surface area (Å²) in [5.74, 6) is 6.79. The number of carbonyl (C=O) groups excluding carboxylic acids is 1. The van der Waals surface area contributed by atoms with E-state index >= 15 is 0 Å². The number of anilines is 1. The zero-order valence-electron chi connectivity index (χ0n) is 13.3. The van der Waals surface area contributed by atoms with Gasteiger partial charge in [-0.05, 0) is 38.1 Å². The molecule has 1 atom stereocenters. The van der Waals surface area contributed by atoms with E-state index in [4.69, 9.17) is 10.3 Å². The number of amides is 1. The molecule has 0 fully saturated rings. The third-order valence-corrected chi connectivity index (χ3v) is 4.43. The van der Waals surface area contributed by atoms with Crippen molar-refractivity contribution in [1.29, 1.82) is 0 Å². The Morgan fingerprint density at radius 3 is 2.71 bits per heavy atom. The Morgan fingerprint density at radius 2 is 2.04 bits per heavy atom. The highest BCUT2D eigenvalue weighted by molar-refractivity contribution is 8.00. The van der Waals surface area contributed by atoms with Gasteiger partial charge in [-0.1, -0.05) is 29.5 Å². The van der Waals surface area contributed by atoms with Gasteiger partial charge in [-0.25, -0.2) is 4.68 Å². The minimum atomic E-state index is -0.387. The summed E-state index contributed by atoms with van der Waals surface area (Å²) in [4.78, 5) is 12.3. The third-order valence-electron chi connectivity index (χ3n) is 3.38. The molecule has 124 valence electrons. The van der Waals surface area contributed by atoms with E-state index < -0.39 is 0 Å². The predicted molar refractivity (Wildman–Crippen MR) is 93.0 cm³/mol. The molecule has 2 heterocycles. The molecule has 0 aliphatic heterocycles. The van der Waals surface area contributed by atoms with E-state index in [1.165, 1.54) is 22.7 Å². The molecule has 3 N–H and O–H groups in total. The van der Waals surface area contributed by atoms with Gasteiger partial charge in [-0.2, -0.15) is 0 Å². The van der Waals surface area contributed by atoms with Crippen molar-refractivity contribution >= 4 is 23.4 Å². The summed E-state index contributed by atoms with van der Waals surface area (Å²) in [6.07, 6.45) is 1.54. The van der Waals surface area contributed by atoms with E-state index in [1.807, 2.05) is 31.2 Å². The topological polar surface area (TPSA) is 99.0 Å². The Balaban J connectivity index is 1.67. The number of nitrogens with zero attached hydrogens (tertiary/aromatic N) is 3. The number of benzene rings is 1. The number of thioether (sulfide) groups is 1. The van der Waals surface area contributed by atoms with Gasteiger partial charge in [0.1, 0.15) is 0 Å². The van der Waals surface area contributed by atoms with Gasteiger partial charge in [-0.15, -0.1) is 10.2 Å². The van der Waals surface area contributed by atoms with Crippen LogP contribution < -0.4 is 11.2 Å². The van der Waals surface area contributed by atoms with E-state index in [0.717, 1.165) is 11.3 Å². The molecule has 0 spiro atoms. The maximum absolute atomic E-state index is 12.3. The van der Waals surface area contributed by atoms with E-state index in [-0.39, 0.29) is 11.2 Å². The van der Waals surface area contributed by atoms with Gasteiger partial charge in [-0.3, -0.25) is 4.79 Å². The first-order valence-corrected chi connectivity index (χ1v) is 8.21. The number of carbonyl (C=O) groups is 1. The number of hydrogen-bond acceptors (Lipinski definition) is 6. The summed E-state index contributed by atoms with van der Waals surface area (Å²) >= 11 is 1.23. The average Bonchev–Trinajstić information content (AvgIpc) is 3.20. The van der Waals surface area contributed by atoms with Crippen LogP contribution in [0.1, 0.15) is 12.5 Å². The van der Waals surface area contributed by atoms with Crippen molar-refractivity contribution in [1.82, 2.24) is 14.9 Å².